The van der Waals surface area contributed by atoms with Crippen LogP contribution in [0, 0.1) is 5.92 Å². The molecule has 1 amide bonds. The quantitative estimate of drug-likeness (QED) is 0.800. The Kier molecular flexibility index (Phi) is 4.04. The molecule has 2 N–H and O–H groups in total. The summed E-state index contributed by atoms with van der Waals surface area (Å²) in [4.78, 5) is 16.7. The molecule has 21 heavy (non-hydrogen) atoms. The molecule has 0 aliphatic heterocycles. The van der Waals surface area contributed by atoms with Crippen molar-refractivity contribution in [3.05, 3.63) is 36.0 Å². The molecule has 0 bridgehead atoms. The molecule has 0 unspecified atom stereocenters. The molecule has 4 nitrogen and oxygen atoms in total. The topological polar surface area (TPSA) is 54.0 Å². The van der Waals surface area contributed by atoms with E-state index in [1.54, 1.807) is 6.20 Å². The number of amides is 1. The van der Waals surface area contributed by atoms with Crippen LogP contribution in [0.1, 0.15) is 36.0 Å². The number of hydrogen-bond donors (Lipinski definition) is 2. The average Bonchev–Trinajstić information content (AvgIpc) is 3.34. The molecule has 1 saturated carbocycles. The zero-order valence-corrected chi connectivity index (χ0v) is 12.4. The Balaban J connectivity index is 1.74. The molecule has 1 aromatic heterocycles. The fraction of sp³-hybridized carbons (Fsp3) is 0.412. The number of carbonyl (C=O) groups is 1. The summed E-state index contributed by atoms with van der Waals surface area (Å²) in [5.74, 6) is 1.69. The smallest absolute Gasteiger partial charge is 0.253 e. The minimum absolute atomic E-state index is 0.0304. The molecule has 1 aliphatic rings. The highest BCUT2D eigenvalue weighted by atomic mass is 16.1. The van der Waals surface area contributed by atoms with Gasteiger partial charge in [-0.3, -0.25) is 4.79 Å². The van der Waals surface area contributed by atoms with Gasteiger partial charge in [0.1, 0.15) is 5.82 Å². The second kappa shape index (κ2) is 6.12. The van der Waals surface area contributed by atoms with E-state index in [4.69, 9.17) is 0 Å². The second-order valence-corrected chi connectivity index (χ2v) is 5.66. The summed E-state index contributed by atoms with van der Waals surface area (Å²) < 4.78 is 0. The number of pyridine rings is 1. The Bertz CT molecular complexity index is 650. The number of nitrogens with zero attached hydrogens (tertiary/aromatic N) is 1. The largest absolute Gasteiger partial charge is 0.373 e. The summed E-state index contributed by atoms with van der Waals surface area (Å²) in [6.07, 6.45) is 6.70. The number of fused-ring (bicyclic) bond motifs is 1. The molecule has 1 fully saturated rings. The highest BCUT2D eigenvalue weighted by molar-refractivity contribution is 6.09. The van der Waals surface area contributed by atoms with Crippen molar-refractivity contribution in [2.45, 2.75) is 25.7 Å². The van der Waals surface area contributed by atoms with Gasteiger partial charge in [0, 0.05) is 25.2 Å². The van der Waals surface area contributed by atoms with Crippen molar-refractivity contribution in [2.75, 3.05) is 18.9 Å². The van der Waals surface area contributed by atoms with Crippen molar-refractivity contribution in [3.8, 4) is 0 Å². The van der Waals surface area contributed by atoms with Gasteiger partial charge in [-0.15, -0.1) is 0 Å². The van der Waals surface area contributed by atoms with Gasteiger partial charge in [0.25, 0.3) is 5.91 Å². The van der Waals surface area contributed by atoms with Crippen molar-refractivity contribution >= 4 is 22.5 Å². The fourth-order valence-corrected chi connectivity index (χ4v) is 2.67. The number of rotatable bonds is 6. The molecule has 3 rings (SSSR count). The third-order valence-electron chi connectivity index (χ3n) is 4.05. The zero-order valence-electron chi connectivity index (χ0n) is 12.4. The van der Waals surface area contributed by atoms with E-state index in [9.17, 15) is 4.79 Å². The van der Waals surface area contributed by atoms with Gasteiger partial charge in [0.15, 0.2) is 0 Å². The first-order valence-corrected chi connectivity index (χ1v) is 7.63. The molecule has 4 heteroatoms. The first-order chi connectivity index (χ1) is 10.3. The maximum absolute atomic E-state index is 12.3. The van der Waals surface area contributed by atoms with Crippen LogP contribution in [0.4, 0.5) is 5.82 Å². The van der Waals surface area contributed by atoms with Crippen molar-refractivity contribution < 1.29 is 4.79 Å². The minimum atomic E-state index is -0.0304. The van der Waals surface area contributed by atoms with Crippen LogP contribution < -0.4 is 10.6 Å². The summed E-state index contributed by atoms with van der Waals surface area (Å²) in [7, 11) is 1.84. The van der Waals surface area contributed by atoms with E-state index in [2.05, 4.69) is 15.6 Å². The monoisotopic (exact) mass is 283 g/mol. The zero-order chi connectivity index (χ0) is 14.7. The van der Waals surface area contributed by atoms with Gasteiger partial charge in [0.2, 0.25) is 0 Å². The molecule has 1 heterocycles. The fourth-order valence-electron chi connectivity index (χ4n) is 2.67. The summed E-state index contributed by atoms with van der Waals surface area (Å²) in [6.45, 7) is 0.747. The van der Waals surface area contributed by atoms with Gasteiger partial charge >= 0.3 is 0 Å². The van der Waals surface area contributed by atoms with Crippen LogP contribution in [-0.2, 0) is 0 Å². The molecular formula is C17H21N3O. The Morgan fingerprint density at radius 3 is 2.76 bits per heavy atom. The van der Waals surface area contributed by atoms with Crippen molar-refractivity contribution in [1.82, 2.24) is 10.3 Å². The average molecular weight is 283 g/mol. The highest BCUT2D eigenvalue weighted by Crippen LogP contribution is 2.33. The second-order valence-electron chi connectivity index (χ2n) is 5.66. The summed E-state index contributed by atoms with van der Waals surface area (Å²) in [5, 5.41) is 8.00. The highest BCUT2D eigenvalue weighted by Gasteiger charge is 2.20. The Morgan fingerprint density at radius 1 is 1.29 bits per heavy atom. The molecule has 2 aromatic rings. The van der Waals surface area contributed by atoms with Crippen LogP contribution >= 0.6 is 0 Å². The standard InChI is InChI=1S/C17H21N3O/c1-18-16-14-7-3-2-6-13(14)15(11-20-16)17(21)19-10-4-5-12-8-9-12/h2-3,6-7,11-12H,4-5,8-10H2,1H3,(H,18,20)(H,19,21). The maximum atomic E-state index is 12.3. The van der Waals surface area contributed by atoms with Crippen LogP contribution in [0.2, 0.25) is 0 Å². The third kappa shape index (κ3) is 3.15. The minimum Gasteiger partial charge on any atom is -0.373 e. The number of carbonyl (C=O) groups excluding carboxylic acids is 1. The van der Waals surface area contributed by atoms with Crippen molar-refractivity contribution in [3.63, 3.8) is 0 Å². The molecule has 110 valence electrons. The van der Waals surface area contributed by atoms with Crippen LogP contribution in [-0.4, -0.2) is 24.5 Å². The van der Waals surface area contributed by atoms with Crippen molar-refractivity contribution in [1.29, 1.82) is 0 Å². The number of aromatic nitrogens is 1. The molecule has 0 radical (unpaired) electrons. The predicted octanol–water partition coefficient (Wildman–Crippen LogP) is 3.20. The lowest BCUT2D eigenvalue weighted by Crippen LogP contribution is -2.25. The molecule has 1 aliphatic carbocycles. The van der Waals surface area contributed by atoms with Crippen LogP contribution in [0.5, 0.6) is 0 Å². The summed E-state index contributed by atoms with van der Waals surface area (Å²) in [5.41, 5.74) is 0.649. The first-order valence-electron chi connectivity index (χ1n) is 7.63. The van der Waals surface area contributed by atoms with Gasteiger partial charge in [-0.1, -0.05) is 37.1 Å². The van der Waals surface area contributed by atoms with Crippen LogP contribution in [0.25, 0.3) is 10.8 Å². The van der Waals surface area contributed by atoms with Gasteiger partial charge < -0.3 is 10.6 Å². The number of nitrogens with one attached hydrogen (secondary N) is 2. The Hall–Kier alpha value is -2.10. The van der Waals surface area contributed by atoms with E-state index >= 15 is 0 Å². The molecular weight excluding hydrogens is 262 g/mol. The predicted molar refractivity (Wildman–Crippen MR) is 85.6 cm³/mol. The number of hydrogen-bond acceptors (Lipinski definition) is 3. The van der Waals surface area contributed by atoms with Gasteiger partial charge in [-0.25, -0.2) is 4.98 Å². The Morgan fingerprint density at radius 2 is 2.05 bits per heavy atom. The molecule has 0 atom stereocenters. The third-order valence-corrected chi connectivity index (χ3v) is 4.05. The van der Waals surface area contributed by atoms with E-state index in [0.29, 0.717) is 5.56 Å². The Labute approximate surface area is 125 Å². The van der Waals surface area contributed by atoms with E-state index in [1.807, 2.05) is 31.3 Å². The number of anilines is 1. The molecule has 1 aromatic carbocycles. The van der Waals surface area contributed by atoms with Crippen LogP contribution in [0.3, 0.4) is 0 Å². The summed E-state index contributed by atoms with van der Waals surface area (Å²) >= 11 is 0. The van der Waals surface area contributed by atoms with E-state index < -0.39 is 0 Å². The lowest BCUT2D eigenvalue weighted by atomic mass is 10.1. The van der Waals surface area contributed by atoms with Gasteiger partial charge in [-0.05, 0) is 24.1 Å². The van der Waals surface area contributed by atoms with Crippen molar-refractivity contribution in [2.24, 2.45) is 5.92 Å². The van der Waals surface area contributed by atoms with Crippen LogP contribution in [0.15, 0.2) is 30.5 Å². The molecule has 0 spiro atoms. The lowest BCUT2D eigenvalue weighted by Gasteiger charge is -2.10. The first kappa shape index (κ1) is 13.9. The maximum Gasteiger partial charge on any atom is 0.253 e. The lowest BCUT2D eigenvalue weighted by molar-refractivity contribution is 0.0954. The van der Waals surface area contributed by atoms with E-state index in [-0.39, 0.29) is 5.91 Å². The normalized spacial score (nSPS) is 14.1. The van der Waals surface area contributed by atoms with Gasteiger partial charge in [0.05, 0.1) is 5.56 Å². The SMILES string of the molecule is CNc1ncc(C(=O)NCCCC2CC2)c2ccccc12. The van der Waals surface area contributed by atoms with E-state index in [1.165, 1.54) is 19.3 Å². The molecule has 0 saturated heterocycles. The summed E-state index contributed by atoms with van der Waals surface area (Å²) in [6, 6.07) is 7.86. The number of benzene rings is 1. The van der Waals surface area contributed by atoms with E-state index in [0.717, 1.165) is 35.5 Å². The van der Waals surface area contributed by atoms with Gasteiger partial charge in [-0.2, -0.15) is 0 Å².